The third-order valence-electron chi connectivity index (χ3n) is 0.764. The monoisotopic (exact) mass is 143 g/mol. The molecule has 0 bridgehead atoms. The van der Waals surface area contributed by atoms with Gasteiger partial charge in [0.2, 0.25) is 0 Å². The van der Waals surface area contributed by atoms with Crippen LogP contribution in [0.1, 0.15) is 27.7 Å². The van der Waals surface area contributed by atoms with E-state index in [-0.39, 0.29) is 11.6 Å². The fraction of sp³-hybridized carbons (Fsp3) is 0.714. The summed E-state index contributed by atoms with van der Waals surface area (Å²) in [6.45, 7) is 9.16. The third kappa shape index (κ3) is 5.41. The molecule has 0 fully saturated rings. The summed E-state index contributed by atoms with van der Waals surface area (Å²) < 4.78 is 0. The van der Waals surface area contributed by atoms with Gasteiger partial charge in [-0.05, 0) is 27.7 Å². The Labute approximate surface area is 62.2 Å². The molecule has 2 N–H and O–H groups in total. The maximum absolute atomic E-state index is 10.8. The molecular weight excluding hydrogens is 128 g/mol. The van der Waals surface area contributed by atoms with Crippen LogP contribution in [-0.4, -0.2) is 11.6 Å². The Morgan fingerprint density at radius 1 is 1.40 bits per heavy atom. The van der Waals surface area contributed by atoms with Gasteiger partial charge in [-0.2, -0.15) is 0 Å². The van der Waals surface area contributed by atoms with Gasteiger partial charge in [0.1, 0.15) is 0 Å². The first-order chi connectivity index (χ1) is 4.45. The van der Waals surface area contributed by atoms with Crippen LogP contribution in [-0.2, 0) is 0 Å². The first-order valence-corrected chi connectivity index (χ1v) is 3.32. The number of rotatable bonds is 1. The van der Waals surface area contributed by atoms with Crippen molar-refractivity contribution in [2.24, 2.45) is 0 Å². The summed E-state index contributed by atoms with van der Waals surface area (Å²) in [5.41, 5.74) is -0.160. The highest BCUT2D eigenvalue weighted by Crippen LogP contribution is 1.96. The summed E-state index contributed by atoms with van der Waals surface area (Å²) in [4.78, 5) is 10.8. The van der Waals surface area contributed by atoms with Crippen LogP contribution in [0.5, 0.6) is 0 Å². The van der Waals surface area contributed by atoms with Crippen molar-refractivity contribution in [2.75, 3.05) is 0 Å². The van der Waals surface area contributed by atoms with Gasteiger partial charge >= 0.3 is 6.03 Å². The Balaban J connectivity index is 3.58. The molecule has 0 aliphatic heterocycles. The molecule has 0 aliphatic carbocycles. The Morgan fingerprint density at radius 3 is 2.20 bits per heavy atom. The van der Waals surface area contributed by atoms with Crippen LogP contribution >= 0.6 is 0 Å². The van der Waals surface area contributed by atoms with Crippen LogP contribution in [0, 0.1) is 6.54 Å². The molecule has 0 aromatic rings. The Kier molecular flexibility index (Phi) is 3.19. The zero-order valence-corrected chi connectivity index (χ0v) is 6.99. The van der Waals surface area contributed by atoms with Crippen LogP contribution in [0.15, 0.2) is 0 Å². The van der Waals surface area contributed by atoms with Crippen LogP contribution in [0.3, 0.4) is 0 Å². The van der Waals surface area contributed by atoms with Gasteiger partial charge < -0.3 is 10.6 Å². The highest BCUT2D eigenvalue weighted by atomic mass is 16.2. The molecule has 3 heteroatoms. The molecule has 0 unspecified atom stereocenters. The van der Waals surface area contributed by atoms with Crippen molar-refractivity contribution in [1.29, 1.82) is 0 Å². The van der Waals surface area contributed by atoms with E-state index in [9.17, 15) is 4.79 Å². The first kappa shape index (κ1) is 9.27. The van der Waals surface area contributed by atoms with E-state index in [2.05, 4.69) is 10.6 Å². The molecule has 0 saturated heterocycles. The summed E-state index contributed by atoms with van der Waals surface area (Å²) >= 11 is 0. The number of nitrogens with one attached hydrogen (secondary N) is 2. The second-order valence-electron chi connectivity index (χ2n) is 3.14. The van der Waals surface area contributed by atoms with E-state index in [0.29, 0.717) is 0 Å². The molecule has 3 nitrogen and oxygen atoms in total. The van der Waals surface area contributed by atoms with Gasteiger partial charge in [0.25, 0.3) is 0 Å². The Morgan fingerprint density at radius 2 is 1.90 bits per heavy atom. The van der Waals surface area contributed by atoms with E-state index >= 15 is 0 Å². The van der Waals surface area contributed by atoms with E-state index in [4.69, 9.17) is 0 Å². The van der Waals surface area contributed by atoms with Crippen LogP contribution in [0.4, 0.5) is 4.79 Å². The summed E-state index contributed by atoms with van der Waals surface area (Å²) in [6.07, 6.45) is 0. The number of amides is 2. The zero-order chi connectivity index (χ0) is 8.20. The lowest BCUT2D eigenvalue weighted by atomic mass is 10.1. The summed E-state index contributed by atoms with van der Waals surface area (Å²) in [5.74, 6) is 0. The fourth-order valence-electron chi connectivity index (χ4n) is 0.508. The van der Waals surface area contributed by atoms with E-state index in [0.717, 1.165) is 0 Å². The van der Waals surface area contributed by atoms with E-state index < -0.39 is 0 Å². The lowest BCUT2D eigenvalue weighted by Crippen LogP contribution is -2.45. The normalized spacial score (nSPS) is 10.8. The second-order valence-corrected chi connectivity index (χ2v) is 3.14. The topological polar surface area (TPSA) is 41.1 Å². The Hall–Kier alpha value is -0.730. The third-order valence-corrected chi connectivity index (χ3v) is 0.764. The molecular formula is C7H15N2O. The second kappa shape index (κ2) is 3.44. The molecule has 0 saturated carbocycles. The maximum atomic E-state index is 10.8. The quantitative estimate of drug-likeness (QED) is 0.570. The van der Waals surface area contributed by atoms with E-state index in [1.54, 1.807) is 13.5 Å². The SMILES string of the molecule is C[CH]NC(=O)NC(C)(C)C. The molecule has 59 valence electrons. The van der Waals surface area contributed by atoms with Crippen molar-refractivity contribution in [2.45, 2.75) is 33.2 Å². The number of carbonyl (C=O) groups excluding carboxylic acids is 1. The van der Waals surface area contributed by atoms with Crippen molar-refractivity contribution in [3.8, 4) is 0 Å². The largest absolute Gasteiger partial charge is 0.334 e. The average molecular weight is 143 g/mol. The van der Waals surface area contributed by atoms with Gasteiger partial charge in [0, 0.05) is 12.1 Å². The van der Waals surface area contributed by atoms with Gasteiger partial charge in [0.05, 0.1) is 0 Å². The van der Waals surface area contributed by atoms with Crippen LogP contribution < -0.4 is 10.6 Å². The van der Waals surface area contributed by atoms with Crippen molar-refractivity contribution < 1.29 is 4.79 Å². The maximum Gasteiger partial charge on any atom is 0.315 e. The molecule has 0 heterocycles. The van der Waals surface area contributed by atoms with Crippen molar-refractivity contribution in [3.05, 3.63) is 6.54 Å². The summed E-state index contributed by atoms with van der Waals surface area (Å²) in [5, 5.41) is 5.27. The molecule has 1 radical (unpaired) electrons. The molecule has 10 heavy (non-hydrogen) atoms. The standard InChI is InChI=1S/C7H15N2O/c1-5-8-6(10)9-7(2,3)4/h5H,1-4H3,(H2,8,9,10). The summed E-state index contributed by atoms with van der Waals surface area (Å²) in [7, 11) is 0. The zero-order valence-electron chi connectivity index (χ0n) is 6.99. The molecule has 0 spiro atoms. The van der Waals surface area contributed by atoms with Gasteiger partial charge in [0.15, 0.2) is 0 Å². The molecule has 0 atom stereocenters. The van der Waals surface area contributed by atoms with Crippen molar-refractivity contribution >= 4 is 6.03 Å². The first-order valence-electron chi connectivity index (χ1n) is 3.32. The minimum atomic E-state index is -0.160. The predicted octanol–water partition coefficient (Wildman–Crippen LogP) is 1.27. The van der Waals surface area contributed by atoms with Crippen LogP contribution in [0.25, 0.3) is 0 Å². The van der Waals surface area contributed by atoms with Crippen LogP contribution in [0.2, 0.25) is 0 Å². The number of hydrogen-bond donors (Lipinski definition) is 2. The molecule has 0 aromatic heterocycles. The average Bonchev–Trinajstić information content (AvgIpc) is 1.59. The van der Waals surface area contributed by atoms with E-state index in [1.165, 1.54) is 0 Å². The Bertz CT molecular complexity index is 115. The van der Waals surface area contributed by atoms with E-state index in [1.807, 2.05) is 20.8 Å². The van der Waals surface area contributed by atoms with Gasteiger partial charge in [-0.3, -0.25) is 0 Å². The summed E-state index contributed by atoms with van der Waals surface area (Å²) in [6, 6.07) is -0.157. The highest BCUT2D eigenvalue weighted by Gasteiger charge is 2.11. The minimum Gasteiger partial charge on any atom is -0.334 e. The lowest BCUT2D eigenvalue weighted by Gasteiger charge is -2.20. The highest BCUT2D eigenvalue weighted by molar-refractivity contribution is 5.75. The predicted molar refractivity (Wildman–Crippen MR) is 41.4 cm³/mol. The molecule has 0 rings (SSSR count). The van der Waals surface area contributed by atoms with Crippen molar-refractivity contribution in [1.82, 2.24) is 10.6 Å². The van der Waals surface area contributed by atoms with Gasteiger partial charge in [-0.15, -0.1) is 0 Å². The number of urea groups is 1. The lowest BCUT2D eigenvalue weighted by molar-refractivity contribution is 0.234. The smallest absolute Gasteiger partial charge is 0.315 e. The molecule has 0 aliphatic rings. The van der Waals surface area contributed by atoms with Gasteiger partial charge in [-0.1, -0.05) is 0 Å². The minimum absolute atomic E-state index is 0.157. The fourth-order valence-corrected chi connectivity index (χ4v) is 0.508. The van der Waals surface area contributed by atoms with Crippen molar-refractivity contribution in [3.63, 3.8) is 0 Å². The molecule has 2 amide bonds. The van der Waals surface area contributed by atoms with Gasteiger partial charge in [-0.25, -0.2) is 4.79 Å². The number of carbonyl (C=O) groups is 1. The number of hydrogen-bond acceptors (Lipinski definition) is 1. The molecule has 0 aromatic carbocycles.